The fourth-order valence-corrected chi connectivity index (χ4v) is 3.54. The number of halogens is 1. The lowest BCUT2D eigenvalue weighted by molar-refractivity contribution is 0.0150. The van der Waals surface area contributed by atoms with Crippen LogP contribution in [0.5, 0.6) is 0 Å². The van der Waals surface area contributed by atoms with Gasteiger partial charge < -0.3 is 14.7 Å². The minimum Gasteiger partial charge on any atom is -0.444 e. The molecule has 19 heavy (non-hydrogen) atoms. The van der Waals surface area contributed by atoms with Gasteiger partial charge in [0, 0.05) is 17.8 Å². The monoisotopic (exact) mass is 347 g/mol. The van der Waals surface area contributed by atoms with Gasteiger partial charge in [-0.25, -0.2) is 4.79 Å². The number of rotatable bonds is 1. The maximum absolute atomic E-state index is 12.0. The van der Waals surface area contributed by atoms with Gasteiger partial charge in [-0.2, -0.15) is 0 Å². The molecule has 1 atom stereocenters. The first-order valence-corrected chi connectivity index (χ1v) is 7.77. The van der Waals surface area contributed by atoms with Gasteiger partial charge in [0.15, 0.2) is 0 Å². The molecule has 6 heteroatoms. The quantitative estimate of drug-likeness (QED) is 0.847. The van der Waals surface area contributed by atoms with Crippen LogP contribution in [0.2, 0.25) is 0 Å². The molecule has 1 aliphatic heterocycles. The minimum absolute atomic E-state index is 0.287. The Hall–Kier alpha value is -0.590. The average Bonchev–Trinajstić information content (AvgIpc) is 2.83. The van der Waals surface area contributed by atoms with E-state index in [9.17, 15) is 9.90 Å². The smallest absolute Gasteiger partial charge is 0.410 e. The molecule has 1 fully saturated rings. The van der Waals surface area contributed by atoms with Gasteiger partial charge in [-0.1, -0.05) is 0 Å². The van der Waals surface area contributed by atoms with E-state index in [1.54, 1.807) is 4.90 Å². The lowest BCUT2D eigenvalue weighted by Gasteiger charge is -2.26. The summed E-state index contributed by atoms with van der Waals surface area (Å²) in [4.78, 5) is 14.4. The summed E-state index contributed by atoms with van der Waals surface area (Å²) in [5.74, 6) is 0. The van der Waals surface area contributed by atoms with Gasteiger partial charge in [0.1, 0.15) is 11.2 Å². The van der Waals surface area contributed by atoms with E-state index in [1.807, 2.05) is 32.9 Å². The topological polar surface area (TPSA) is 49.8 Å². The zero-order valence-corrected chi connectivity index (χ0v) is 13.7. The Morgan fingerprint density at radius 2 is 2.21 bits per heavy atom. The first-order chi connectivity index (χ1) is 8.70. The molecule has 0 spiro atoms. The van der Waals surface area contributed by atoms with Crippen molar-refractivity contribution in [1.82, 2.24) is 4.90 Å². The largest absolute Gasteiger partial charge is 0.444 e. The van der Waals surface area contributed by atoms with Crippen molar-refractivity contribution in [2.75, 3.05) is 13.1 Å². The van der Waals surface area contributed by atoms with Crippen molar-refractivity contribution < 1.29 is 14.6 Å². The van der Waals surface area contributed by atoms with E-state index < -0.39 is 11.2 Å². The van der Waals surface area contributed by atoms with Crippen molar-refractivity contribution in [3.63, 3.8) is 0 Å². The summed E-state index contributed by atoms with van der Waals surface area (Å²) >= 11 is 4.89. The molecule has 0 radical (unpaired) electrons. The van der Waals surface area contributed by atoms with E-state index in [1.165, 1.54) is 11.3 Å². The lowest BCUT2D eigenvalue weighted by atomic mass is 10.0. The summed E-state index contributed by atoms with van der Waals surface area (Å²) in [5, 5.41) is 10.6. The van der Waals surface area contributed by atoms with Crippen molar-refractivity contribution in [2.24, 2.45) is 0 Å². The summed E-state index contributed by atoms with van der Waals surface area (Å²) in [7, 11) is 0. The number of amides is 1. The Kier molecular flexibility index (Phi) is 3.95. The van der Waals surface area contributed by atoms with Crippen LogP contribution in [0, 0.1) is 0 Å². The summed E-state index contributed by atoms with van der Waals surface area (Å²) in [6.45, 7) is 6.31. The zero-order valence-electron chi connectivity index (χ0n) is 11.3. The molecule has 1 aromatic rings. The van der Waals surface area contributed by atoms with Gasteiger partial charge in [0.05, 0.1) is 10.3 Å². The molecular weight excluding hydrogens is 330 g/mol. The number of ether oxygens (including phenoxy) is 1. The normalized spacial score (nSPS) is 23.7. The minimum atomic E-state index is -0.951. The predicted molar refractivity (Wildman–Crippen MR) is 78.3 cm³/mol. The molecule has 1 amide bonds. The van der Waals surface area contributed by atoms with Crippen molar-refractivity contribution in [3.05, 3.63) is 20.8 Å². The first-order valence-electron chi connectivity index (χ1n) is 6.16. The van der Waals surface area contributed by atoms with Gasteiger partial charge in [-0.3, -0.25) is 0 Å². The molecule has 2 rings (SSSR count). The van der Waals surface area contributed by atoms with Crippen LogP contribution in [-0.4, -0.2) is 34.8 Å². The van der Waals surface area contributed by atoms with Gasteiger partial charge in [0.25, 0.3) is 0 Å². The molecule has 0 bridgehead atoms. The van der Waals surface area contributed by atoms with Crippen LogP contribution in [-0.2, 0) is 10.3 Å². The number of thiophene rings is 1. The molecule has 1 aromatic heterocycles. The highest BCUT2D eigenvalue weighted by atomic mass is 79.9. The maximum atomic E-state index is 12.0. The first kappa shape index (κ1) is 14.8. The number of aliphatic hydroxyl groups is 1. The maximum Gasteiger partial charge on any atom is 0.410 e. The fourth-order valence-electron chi connectivity index (χ4n) is 2.04. The fraction of sp³-hybridized carbons (Fsp3) is 0.615. The van der Waals surface area contributed by atoms with Gasteiger partial charge in [0.2, 0.25) is 0 Å². The lowest BCUT2D eigenvalue weighted by Crippen LogP contribution is -2.37. The van der Waals surface area contributed by atoms with E-state index in [0.29, 0.717) is 13.0 Å². The molecule has 1 N–H and O–H groups in total. The third-order valence-electron chi connectivity index (χ3n) is 2.93. The third kappa shape index (κ3) is 3.49. The van der Waals surface area contributed by atoms with Crippen LogP contribution in [0.3, 0.4) is 0 Å². The van der Waals surface area contributed by atoms with Crippen LogP contribution in [0.15, 0.2) is 15.9 Å². The molecule has 2 heterocycles. The summed E-state index contributed by atoms with van der Waals surface area (Å²) < 4.78 is 6.30. The molecule has 4 nitrogen and oxygen atoms in total. The number of β-amino-alcohol motifs (C(OH)–C–C–N with tert-alkyl or cyclic N) is 1. The van der Waals surface area contributed by atoms with Gasteiger partial charge in [-0.05, 0) is 48.8 Å². The molecule has 106 valence electrons. The molecule has 1 unspecified atom stereocenters. The van der Waals surface area contributed by atoms with Crippen molar-refractivity contribution in [1.29, 1.82) is 0 Å². The summed E-state index contributed by atoms with van der Waals surface area (Å²) in [6, 6.07) is 3.81. The van der Waals surface area contributed by atoms with Crippen LogP contribution in [0.4, 0.5) is 4.79 Å². The number of hydrogen-bond donors (Lipinski definition) is 1. The molecule has 0 aliphatic carbocycles. The number of hydrogen-bond acceptors (Lipinski definition) is 4. The van der Waals surface area contributed by atoms with Crippen LogP contribution in [0.25, 0.3) is 0 Å². The number of carbonyl (C=O) groups excluding carboxylic acids is 1. The highest BCUT2D eigenvalue weighted by Gasteiger charge is 2.41. The van der Waals surface area contributed by atoms with Crippen molar-refractivity contribution in [2.45, 2.75) is 38.4 Å². The third-order valence-corrected chi connectivity index (χ3v) is 4.75. The van der Waals surface area contributed by atoms with E-state index in [2.05, 4.69) is 15.9 Å². The van der Waals surface area contributed by atoms with Crippen LogP contribution in [0.1, 0.15) is 32.1 Å². The Morgan fingerprint density at radius 1 is 1.53 bits per heavy atom. The highest BCUT2D eigenvalue weighted by molar-refractivity contribution is 9.11. The highest BCUT2D eigenvalue weighted by Crippen LogP contribution is 2.38. The summed E-state index contributed by atoms with van der Waals surface area (Å²) in [5.41, 5.74) is -1.46. The molecule has 0 saturated carbocycles. The van der Waals surface area contributed by atoms with E-state index >= 15 is 0 Å². The predicted octanol–water partition coefficient (Wildman–Crippen LogP) is 3.34. The number of likely N-dealkylation sites (tertiary alicyclic amines) is 1. The molecule has 1 saturated heterocycles. The zero-order chi connectivity index (χ0) is 14.3. The van der Waals surface area contributed by atoms with Crippen molar-refractivity contribution in [3.8, 4) is 0 Å². The Labute approximate surface area is 125 Å². The van der Waals surface area contributed by atoms with E-state index in [0.717, 1.165) is 8.66 Å². The Balaban J connectivity index is 2.05. The standard InChI is InChI=1S/C13H18BrNO3S/c1-12(2,3)18-11(16)15-7-6-13(17,8-15)9-4-5-10(14)19-9/h4-5,17H,6-8H2,1-3H3. The van der Waals surface area contributed by atoms with Gasteiger partial charge >= 0.3 is 6.09 Å². The van der Waals surface area contributed by atoms with Gasteiger partial charge in [-0.15, -0.1) is 11.3 Å². The Bertz CT molecular complexity index is 482. The van der Waals surface area contributed by atoms with Crippen molar-refractivity contribution >= 4 is 33.4 Å². The van der Waals surface area contributed by atoms with Crippen LogP contribution < -0.4 is 0 Å². The SMILES string of the molecule is CC(C)(C)OC(=O)N1CCC(O)(c2ccc(Br)s2)C1. The molecule has 1 aliphatic rings. The Morgan fingerprint density at radius 3 is 2.74 bits per heavy atom. The van der Waals surface area contributed by atoms with E-state index in [4.69, 9.17) is 4.74 Å². The summed E-state index contributed by atoms with van der Waals surface area (Å²) in [6.07, 6.45) is 0.179. The second-order valence-corrected chi connectivity index (χ2v) is 8.25. The second kappa shape index (κ2) is 5.07. The van der Waals surface area contributed by atoms with Crippen LogP contribution >= 0.6 is 27.3 Å². The number of nitrogens with zero attached hydrogens (tertiary/aromatic N) is 1. The molecule has 0 aromatic carbocycles. The van der Waals surface area contributed by atoms with E-state index in [-0.39, 0.29) is 12.6 Å². The second-order valence-electron chi connectivity index (χ2n) is 5.79. The molecular formula is C13H18BrNO3S. The number of carbonyl (C=O) groups is 1. The average molecular weight is 348 g/mol.